The van der Waals surface area contributed by atoms with E-state index >= 15 is 0 Å². The largest absolute Gasteiger partial charge is 0.372 e. The first-order chi connectivity index (χ1) is 14.6. The summed E-state index contributed by atoms with van der Waals surface area (Å²) in [6, 6.07) is 13.2. The van der Waals surface area contributed by atoms with Crippen LogP contribution >= 0.6 is 0 Å². The molecule has 1 heterocycles. The lowest BCUT2D eigenvalue weighted by molar-refractivity contribution is -0.120. The van der Waals surface area contributed by atoms with Crippen molar-refractivity contribution < 1.29 is 17.6 Å². The van der Waals surface area contributed by atoms with Crippen LogP contribution in [0.5, 0.6) is 0 Å². The van der Waals surface area contributed by atoms with E-state index in [2.05, 4.69) is 29.3 Å². The van der Waals surface area contributed by atoms with Crippen molar-refractivity contribution >= 4 is 27.3 Å². The summed E-state index contributed by atoms with van der Waals surface area (Å²) in [4.78, 5) is 14.9. The quantitative estimate of drug-likeness (QED) is 0.703. The molecule has 2 aromatic carbocycles. The van der Waals surface area contributed by atoms with Gasteiger partial charge in [-0.25, -0.2) is 12.8 Å². The van der Waals surface area contributed by atoms with Crippen LogP contribution in [-0.4, -0.2) is 40.2 Å². The van der Waals surface area contributed by atoms with Gasteiger partial charge in [-0.1, -0.05) is 31.2 Å². The van der Waals surface area contributed by atoms with Gasteiger partial charge in [-0.15, -0.1) is 0 Å². The number of nitrogens with one attached hydrogen (secondary N) is 1. The summed E-state index contributed by atoms with van der Waals surface area (Å²) in [6.45, 7) is 5.72. The Balaban J connectivity index is 1.64. The van der Waals surface area contributed by atoms with E-state index in [1.165, 1.54) is 37.1 Å². The summed E-state index contributed by atoms with van der Waals surface area (Å²) in [5.41, 5.74) is 1.93. The van der Waals surface area contributed by atoms with Crippen molar-refractivity contribution in [3.63, 3.8) is 0 Å². The standard InChI is InChI=1S/C23H30FN3O3S/c1-17-12-14-26(15-13-17)20-10-8-19(9-11-20)18(2)25-23(28)16-27(31(3,29)30)22-7-5-4-6-21(22)24/h4-11,17-18H,12-16H2,1-3H3,(H,25,28). The lowest BCUT2D eigenvalue weighted by Gasteiger charge is -2.32. The van der Waals surface area contributed by atoms with E-state index in [0.717, 1.165) is 40.8 Å². The fourth-order valence-corrected chi connectivity index (χ4v) is 4.63. The van der Waals surface area contributed by atoms with Crippen LogP contribution in [0.1, 0.15) is 38.3 Å². The van der Waals surface area contributed by atoms with Gasteiger partial charge in [0.15, 0.2) is 0 Å². The van der Waals surface area contributed by atoms with Crippen LogP contribution in [0.3, 0.4) is 0 Å². The molecule has 168 valence electrons. The van der Waals surface area contributed by atoms with Gasteiger partial charge in [-0.05, 0) is 55.5 Å². The number of carbonyl (C=O) groups excluding carboxylic acids is 1. The molecule has 1 N–H and O–H groups in total. The number of para-hydroxylation sites is 1. The number of rotatable bonds is 7. The molecule has 8 heteroatoms. The predicted octanol–water partition coefficient (Wildman–Crippen LogP) is 3.71. The van der Waals surface area contributed by atoms with Gasteiger partial charge in [-0.2, -0.15) is 0 Å². The van der Waals surface area contributed by atoms with E-state index in [4.69, 9.17) is 0 Å². The van der Waals surface area contributed by atoms with E-state index in [9.17, 15) is 17.6 Å². The third kappa shape index (κ3) is 5.97. The molecule has 3 rings (SSSR count). The van der Waals surface area contributed by atoms with Gasteiger partial charge in [-0.3, -0.25) is 9.10 Å². The number of anilines is 2. The van der Waals surface area contributed by atoms with Gasteiger partial charge < -0.3 is 10.2 Å². The van der Waals surface area contributed by atoms with E-state index in [1.54, 1.807) is 0 Å². The number of benzene rings is 2. The zero-order valence-corrected chi connectivity index (χ0v) is 19.0. The van der Waals surface area contributed by atoms with Gasteiger partial charge in [0.2, 0.25) is 15.9 Å². The molecule has 0 radical (unpaired) electrons. The maximum atomic E-state index is 14.1. The summed E-state index contributed by atoms with van der Waals surface area (Å²) in [5.74, 6) is -0.437. The number of nitrogens with zero attached hydrogens (tertiary/aromatic N) is 2. The minimum absolute atomic E-state index is 0.145. The molecule has 0 aromatic heterocycles. The van der Waals surface area contributed by atoms with Crippen molar-refractivity contribution in [1.29, 1.82) is 0 Å². The maximum Gasteiger partial charge on any atom is 0.241 e. The second kappa shape index (κ2) is 9.68. The smallest absolute Gasteiger partial charge is 0.241 e. The highest BCUT2D eigenvalue weighted by Crippen LogP contribution is 2.25. The van der Waals surface area contributed by atoms with Crippen LogP contribution in [0.15, 0.2) is 48.5 Å². The topological polar surface area (TPSA) is 69.7 Å². The van der Waals surface area contributed by atoms with Crippen molar-refractivity contribution in [2.24, 2.45) is 5.92 Å². The van der Waals surface area contributed by atoms with Crippen molar-refractivity contribution in [2.45, 2.75) is 32.7 Å². The molecule has 1 unspecified atom stereocenters. The Kier molecular flexibility index (Phi) is 7.20. The molecule has 31 heavy (non-hydrogen) atoms. The number of amides is 1. The number of sulfonamides is 1. The normalized spacial score (nSPS) is 16.1. The lowest BCUT2D eigenvalue weighted by atomic mass is 9.98. The molecule has 1 fully saturated rings. The van der Waals surface area contributed by atoms with E-state index in [0.29, 0.717) is 0 Å². The Morgan fingerprint density at radius 1 is 1.16 bits per heavy atom. The lowest BCUT2D eigenvalue weighted by Crippen LogP contribution is -2.41. The third-order valence-electron chi connectivity index (χ3n) is 5.73. The molecule has 0 spiro atoms. The van der Waals surface area contributed by atoms with E-state index < -0.39 is 28.3 Å². The molecule has 1 saturated heterocycles. The maximum absolute atomic E-state index is 14.1. The average Bonchev–Trinajstić information content (AvgIpc) is 2.72. The monoisotopic (exact) mass is 447 g/mol. The molecular weight excluding hydrogens is 417 g/mol. The zero-order valence-electron chi connectivity index (χ0n) is 18.2. The number of hydrogen-bond acceptors (Lipinski definition) is 4. The summed E-state index contributed by atoms with van der Waals surface area (Å²) < 4.78 is 39.2. The van der Waals surface area contributed by atoms with Gasteiger partial charge in [0.1, 0.15) is 12.4 Å². The fraction of sp³-hybridized carbons (Fsp3) is 0.435. The summed E-state index contributed by atoms with van der Waals surface area (Å²) in [7, 11) is -3.83. The summed E-state index contributed by atoms with van der Waals surface area (Å²) >= 11 is 0. The van der Waals surface area contributed by atoms with Gasteiger partial charge in [0.05, 0.1) is 18.0 Å². The predicted molar refractivity (Wildman–Crippen MR) is 122 cm³/mol. The molecule has 1 atom stereocenters. The van der Waals surface area contributed by atoms with Crippen molar-refractivity contribution in [3.05, 3.63) is 59.9 Å². The minimum atomic E-state index is -3.83. The first-order valence-corrected chi connectivity index (χ1v) is 12.4. The fourth-order valence-electron chi connectivity index (χ4n) is 3.78. The van der Waals surface area contributed by atoms with Crippen LogP contribution in [0.2, 0.25) is 0 Å². The highest BCUT2D eigenvalue weighted by atomic mass is 32.2. The Labute approximate surface area is 184 Å². The van der Waals surface area contributed by atoms with Crippen LogP contribution in [0, 0.1) is 11.7 Å². The molecule has 1 amide bonds. The zero-order chi connectivity index (χ0) is 22.6. The van der Waals surface area contributed by atoms with Crippen LogP contribution < -0.4 is 14.5 Å². The SMILES string of the molecule is CC1CCN(c2ccc(C(C)NC(=O)CN(c3ccccc3F)S(C)(=O)=O)cc2)CC1. The van der Waals surface area contributed by atoms with Gasteiger partial charge in [0, 0.05) is 18.8 Å². The summed E-state index contributed by atoms with van der Waals surface area (Å²) in [6.07, 6.45) is 3.33. The molecule has 2 aromatic rings. The molecule has 0 aliphatic carbocycles. The Bertz CT molecular complexity index is 1000. The molecule has 0 bridgehead atoms. The average molecular weight is 448 g/mol. The first kappa shape index (κ1) is 23.1. The van der Waals surface area contributed by atoms with Crippen LogP contribution in [-0.2, 0) is 14.8 Å². The van der Waals surface area contributed by atoms with Crippen molar-refractivity contribution in [3.8, 4) is 0 Å². The second-order valence-corrected chi connectivity index (χ2v) is 10.2. The Morgan fingerprint density at radius 2 is 1.77 bits per heavy atom. The third-order valence-corrected chi connectivity index (χ3v) is 6.85. The minimum Gasteiger partial charge on any atom is -0.372 e. The number of carbonyl (C=O) groups is 1. The first-order valence-electron chi connectivity index (χ1n) is 10.5. The van der Waals surface area contributed by atoms with Crippen LogP contribution in [0.25, 0.3) is 0 Å². The highest BCUT2D eigenvalue weighted by molar-refractivity contribution is 7.92. The van der Waals surface area contributed by atoms with E-state index in [1.807, 2.05) is 19.1 Å². The molecule has 1 aliphatic rings. The summed E-state index contributed by atoms with van der Waals surface area (Å²) in [5, 5.41) is 2.81. The highest BCUT2D eigenvalue weighted by Gasteiger charge is 2.24. The van der Waals surface area contributed by atoms with E-state index in [-0.39, 0.29) is 11.7 Å². The number of hydrogen-bond donors (Lipinski definition) is 1. The Morgan fingerprint density at radius 3 is 2.35 bits per heavy atom. The van der Waals surface area contributed by atoms with Crippen LogP contribution in [0.4, 0.5) is 15.8 Å². The number of piperidine rings is 1. The van der Waals surface area contributed by atoms with Gasteiger partial charge >= 0.3 is 0 Å². The second-order valence-electron chi connectivity index (χ2n) is 8.27. The Hall–Kier alpha value is -2.61. The molecule has 0 saturated carbocycles. The van der Waals surface area contributed by atoms with Crippen molar-refractivity contribution in [2.75, 3.05) is 35.1 Å². The molecular formula is C23H30FN3O3S. The van der Waals surface area contributed by atoms with Crippen molar-refractivity contribution in [1.82, 2.24) is 5.32 Å². The number of halogens is 1. The van der Waals surface area contributed by atoms with Gasteiger partial charge in [0.25, 0.3) is 0 Å². The molecule has 1 aliphatic heterocycles. The molecule has 6 nitrogen and oxygen atoms in total.